The van der Waals surface area contributed by atoms with Crippen molar-refractivity contribution in [1.29, 1.82) is 0 Å². The molecule has 0 unspecified atom stereocenters. The van der Waals surface area contributed by atoms with Crippen LogP contribution in [0.25, 0.3) is 33.7 Å². The molecule has 0 spiro atoms. The minimum absolute atomic E-state index is 0.127. The average molecular weight is 422 g/mol. The van der Waals surface area contributed by atoms with Crippen LogP contribution in [-0.4, -0.2) is 24.5 Å². The van der Waals surface area contributed by atoms with Gasteiger partial charge >= 0.3 is 0 Å². The third-order valence-corrected chi connectivity index (χ3v) is 5.41. The summed E-state index contributed by atoms with van der Waals surface area (Å²) in [7, 11) is 1.90. The summed E-state index contributed by atoms with van der Waals surface area (Å²) in [5, 5.41) is 1.10. The van der Waals surface area contributed by atoms with E-state index in [1.165, 1.54) is 0 Å². The smallest absolute Gasteiger partial charge is 0.192 e. The van der Waals surface area contributed by atoms with Crippen LogP contribution in [0.15, 0.2) is 35.4 Å². The molecule has 0 aliphatic rings. The number of rotatable bonds is 2. The van der Waals surface area contributed by atoms with E-state index >= 15 is 0 Å². The second-order valence-corrected chi connectivity index (χ2v) is 9.06. The van der Waals surface area contributed by atoms with Gasteiger partial charge in [-0.1, -0.05) is 32.4 Å². The van der Waals surface area contributed by atoms with Gasteiger partial charge in [0.05, 0.1) is 33.0 Å². The topological polar surface area (TPSA) is 76.5 Å². The molecular weight excluding hydrogens is 398 g/mol. The van der Waals surface area contributed by atoms with Gasteiger partial charge in [-0.05, 0) is 26.0 Å². The highest BCUT2D eigenvalue weighted by atomic mass is 35.5. The van der Waals surface area contributed by atoms with Gasteiger partial charge in [-0.15, -0.1) is 0 Å². The molecule has 4 aromatic rings. The first kappa shape index (κ1) is 20.3. The number of imidazole rings is 1. The van der Waals surface area contributed by atoms with Gasteiger partial charge in [0.15, 0.2) is 11.3 Å². The van der Waals surface area contributed by atoms with Crippen molar-refractivity contribution in [3.63, 3.8) is 0 Å². The maximum Gasteiger partial charge on any atom is 0.192 e. The molecule has 0 aliphatic heterocycles. The number of hydrogen-bond acceptors (Lipinski definition) is 4. The molecule has 30 heavy (non-hydrogen) atoms. The molecule has 154 valence electrons. The van der Waals surface area contributed by atoms with Crippen LogP contribution in [0.2, 0.25) is 5.02 Å². The number of H-pyrrole nitrogens is 1. The second-order valence-electron chi connectivity index (χ2n) is 8.65. The van der Waals surface area contributed by atoms with E-state index in [1.807, 2.05) is 37.7 Å². The molecule has 0 bridgehead atoms. The molecule has 4 aromatic heterocycles. The van der Waals surface area contributed by atoms with Gasteiger partial charge < -0.3 is 9.55 Å². The van der Waals surface area contributed by atoms with Crippen LogP contribution in [-0.2, 0) is 12.5 Å². The molecule has 0 saturated carbocycles. The van der Waals surface area contributed by atoms with Crippen molar-refractivity contribution in [3.05, 3.63) is 62.9 Å². The van der Waals surface area contributed by atoms with Gasteiger partial charge in [-0.25, -0.2) is 4.98 Å². The molecule has 1 N–H and O–H groups in total. The highest BCUT2D eigenvalue weighted by molar-refractivity contribution is 6.31. The molecule has 0 aromatic carbocycles. The van der Waals surface area contributed by atoms with E-state index in [9.17, 15) is 4.79 Å². The number of pyridine rings is 3. The van der Waals surface area contributed by atoms with E-state index in [1.54, 1.807) is 18.3 Å². The van der Waals surface area contributed by atoms with E-state index in [2.05, 4.69) is 35.7 Å². The van der Waals surface area contributed by atoms with Gasteiger partial charge in [0.1, 0.15) is 5.69 Å². The van der Waals surface area contributed by atoms with Gasteiger partial charge in [-0.3, -0.25) is 14.8 Å². The number of aromatic amines is 1. The summed E-state index contributed by atoms with van der Waals surface area (Å²) in [6.45, 7) is 10.1. The summed E-state index contributed by atoms with van der Waals surface area (Å²) >= 11 is 6.54. The average Bonchev–Trinajstić information content (AvgIpc) is 2.99. The van der Waals surface area contributed by atoms with Crippen molar-refractivity contribution in [3.8, 4) is 22.8 Å². The molecule has 0 atom stereocenters. The molecule has 7 heteroatoms. The van der Waals surface area contributed by atoms with Crippen LogP contribution in [0.3, 0.4) is 0 Å². The van der Waals surface area contributed by atoms with E-state index in [-0.39, 0.29) is 10.8 Å². The van der Waals surface area contributed by atoms with Crippen LogP contribution in [0.1, 0.15) is 37.9 Å². The third-order valence-electron chi connectivity index (χ3n) is 5.12. The van der Waals surface area contributed by atoms with Crippen molar-refractivity contribution in [2.24, 2.45) is 7.05 Å². The van der Waals surface area contributed by atoms with Crippen molar-refractivity contribution in [1.82, 2.24) is 24.5 Å². The Balaban J connectivity index is 1.93. The highest BCUT2D eigenvalue weighted by Crippen LogP contribution is 2.33. The van der Waals surface area contributed by atoms with Gasteiger partial charge in [0.2, 0.25) is 0 Å². The lowest BCUT2D eigenvalue weighted by molar-refractivity contribution is 0.567. The zero-order valence-corrected chi connectivity index (χ0v) is 18.7. The van der Waals surface area contributed by atoms with Crippen LogP contribution < -0.4 is 5.43 Å². The fraction of sp³-hybridized carbons (Fsp3) is 0.304. The van der Waals surface area contributed by atoms with E-state index in [4.69, 9.17) is 16.6 Å². The minimum atomic E-state index is -0.169. The molecule has 0 aliphatic carbocycles. The molecular formula is C23H24ClN5O. The molecule has 0 fully saturated rings. The largest absolute Gasteiger partial charge is 0.354 e. The number of nitrogens with zero attached hydrogens (tertiary/aromatic N) is 4. The van der Waals surface area contributed by atoms with Crippen LogP contribution in [0, 0.1) is 13.8 Å². The minimum Gasteiger partial charge on any atom is -0.354 e. The molecule has 4 heterocycles. The number of fused-ring (bicyclic) bond motifs is 1. The maximum absolute atomic E-state index is 13.2. The van der Waals surface area contributed by atoms with Gasteiger partial charge in [0.25, 0.3) is 0 Å². The van der Waals surface area contributed by atoms with Gasteiger partial charge in [0, 0.05) is 42.2 Å². The molecule has 6 nitrogen and oxygen atoms in total. The molecule has 4 rings (SSSR count). The van der Waals surface area contributed by atoms with Crippen LogP contribution in [0.4, 0.5) is 0 Å². The third kappa shape index (κ3) is 3.41. The predicted octanol–water partition coefficient (Wildman–Crippen LogP) is 4.95. The zero-order chi connectivity index (χ0) is 21.8. The van der Waals surface area contributed by atoms with E-state index < -0.39 is 0 Å². The molecule has 0 saturated heterocycles. The standard InChI is InChI=1S/C23H24ClN5O/c1-12-11-29(6)22(26-12)20-19-16(7-8-25-20)28-17(10-18(19)30)14-9-15(24)21(23(3,4)5)27-13(14)2/h7-11H,1-6H3,(H,28,30). The monoisotopic (exact) mass is 421 g/mol. The number of halogens is 1. The lowest BCUT2D eigenvalue weighted by atomic mass is 9.90. The summed E-state index contributed by atoms with van der Waals surface area (Å²) < 4.78 is 1.88. The van der Waals surface area contributed by atoms with E-state index in [0.717, 1.165) is 22.6 Å². The Hall–Kier alpha value is -2.99. The first-order valence-electron chi connectivity index (χ1n) is 9.76. The quantitative estimate of drug-likeness (QED) is 0.496. The Morgan fingerprint density at radius 3 is 2.50 bits per heavy atom. The normalized spacial score (nSPS) is 12.0. The number of aromatic nitrogens is 5. The Morgan fingerprint density at radius 2 is 1.87 bits per heavy atom. The second kappa shape index (κ2) is 7.06. The predicted molar refractivity (Wildman–Crippen MR) is 121 cm³/mol. The fourth-order valence-corrected chi connectivity index (χ4v) is 4.16. The lowest BCUT2D eigenvalue weighted by Crippen LogP contribution is -2.15. The van der Waals surface area contributed by atoms with Crippen molar-refractivity contribution in [2.45, 2.75) is 40.0 Å². The van der Waals surface area contributed by atoms with Crippen LogP contribution in [0.5, 0.6) is 0 Å². The van der Waals surface area contributed by atoms with Crippen molar-refractivity contribution < 1.29 is 0 Å². The lowest BCUT2D eigenvalue weighted by Gasteiger charge is -2.21. The Labute approximate surface area is 180 Å². The molecule has 0 radical (unpaired) electrons. The number of nitrogens with one attached hydrogen (secondary N) is 1. The fourth-order valence-electron chi connectivity index (χ4n) is 3.73. The number of hydrogen-bond donors (Lipinski definition) is 1. The maximum atomic E-state index is 13.2. The zero-order valence-electron chi connectivity index (χ0n) is 18.0. The first-order chi connectivity index (χ1) is 14.1. The summed E-state index contributed by atoms with van der Waals surface area (Å²) in [5.74, 6) is 0.659. The summed E-state index contributed by atoms with van der Waals surface area (Å²) in [6.07, 6.45) is 3.59. The van der Waals surface area contributed by atoms with Gasteiger partial charge in [-0.2, -0.15) is 0 Å². The summed E-state index contributed by atoms with van der Waals surface area (Å²) in [5.41, 5.74) is 4.96. The number of aryl methyl sites for hydroxylation is 3. The Morgan fingerprint density at radius 1 is 1.13 bits per heavy atom. The van der Waals surface area contributed by atoms with Crippen molar-refractivity contribution in [2.75, 3.05) is 0 Å². The summed E-state index contributed by atoms with van der Waals surface area (Å²) in [6, 6.07) is 5.26. The van der Waals surface area contributed by atoms with Crippen molar-refractivity contribution >= 4 is 22.5 Å². The first-order valence-corrected chi connectivity index (χ1v) is 10.1. The summed E-state index contributed by atoms with van der Waals surface area (Å²) in [4.78, 5) is 30.2. The Bertz CT molecular complexity index is 1340. The SMILES string of the molecule is Cc1cn(C)c(-c2nccc3[nH]c(-c4cc(Cl)c(C(C)(C)C)nc4C)cc(=O)c23)n1. The van der Waals surface area contributed by atoms with Crippen LogP contribution >= 0.6 is 11.6 Å². The molecule has 0 amide bonds. The highest BCUT2D eigenvalue weighted by Gasteiger charge is 2.22. The van der Waals surface area contributed by atoms with E-state index in [0.29, 0.717) is 33.1 Å². The Kier molecular flexibility index (Phi) is 4.77.